The number of hydrogen-bond acceptors (Lipinski definition) is 2. The Morgan fingerprint density at radius 3 is 2.24 bits per heavy atom. The summed E-state index contributed by atoms with van der Waals surface area (Å²) in [6.07, 6.45) is -1.71. The highest BCUT2D eigenvalue weighted by Crippen LogP contribution is 2.46. The normalized spacial score (nSPS) is 17.7. The van der Waals surface area contributed by atoms with Crippen LogP contribution in [0.3, 0.4) is 0 Å². The molecule has 3 nitrogen and oxygen atoms in total. The first-order chi connectivity index (χ1) is 13.3. The van der Waals surface area contributed by atoms with Crippen molar-refractivity contribution in [2.45, 2.75) is 70.9 Å². The van der Waals surface area contributed by atoms with Gasteiger partial charge in [0.1, 0.15) is 12.3 Å². The van der Waals surface area contributed by atoms with E-state index in [0.717, 1.165) is 24.0 Å². The first-order valence-corrected chi connectivity index (χ1v) is 9.87. The van der Waals surface area contributed by atoms with Gasteiger partial charge in [-0.25, -0.2) is 0 Å². The van der Waals surface area contributed by atoms with Gasteiger partial charge in [0, 0.05) is 6.42 Å². The van der Waals surface area contributed by atoms with Gasteiger partial charge in [0.25, 0.3) is 5.91 Å². The lowest BCUT2D eigenvalue weighted by Gasteiger charge is -2.42. The van der Waals surface area contributed by atoms with Crippen molar-refractivity contribution in [2.75, 3.05) is 6.54 Å². The van der Waals surface area contributed by atoms with Crippen molar-refractivity contribution in [1.82, 2.24) is 5.32 Å². The fraction of sp³-hybridized carbons (Fsp3) is 0.522. The monoisotopic (exact) mass is 407 g/mol. The van der Waals surface area contributed by atoms with Crippen molar-refractivity contribution in [1.29, 1.82) is 0 Å². The number of furan rings is 1. The topological polar surface area (TPSA) is 42.2 Å². The molecular formula is C23H28F3NO2. The largest absolute Gasteiger partial charge is 0.456 e. The summed E-state index contributed by atoms with van der Waals surface area (Å²) >= 11 is 0. The number of nitrogens with one attached hydrogen (secondary N) is 1. The zero-order chi connectivity index (χ0) is 21.6. The number of benzene rings is 1. The summed E-state index contributed by atoms with van der Waals surface area (Å²) in [6, 6.07) is 7.56. The molecule has 1 N–H and O–H groups in total. The summed E-state index contributed by atoms with van der Waals surface area (Å²) in [5, 5.41) is 1.83. The van der Waals surface area contributed by atoms with Gasteiger partial charge >= 0.3 is 6.18 Å². The third-order valence-electron chi connectivity index (χ3n) is 6.01. The number of aryl methyl sites for hydroxylation is 1. The molecule has 0 fully saturated rings. The van der Waals surface area contributed by atoms with E-state index in [1.165, 1.54) is 17.2 Å². The zero-order valence-corrected chi connectivity index (χ0v) is 17.6. The van der Waals surface area contributed by atoms with Crippen LogP contribution in [0.15, 0.2) is 28.7 Å². The number of rotatable bonds is 4. The Hall–Kier alpha value is -2.24. The molecule has 1 heterocycles. The standard InChI is InChI=1S/C23H28F3NO2/c1-14-10-17-18(22(4,5)9-8-21(17,2)3)12-15(14)11-16-6-7-19(29-16)20(28)27-13-23(24,25)26/h6-7,10,12H,8-9,11,13H2,1-5H3,(H,27,28). The van der Waals surface area contributed by atoms with Crippen molar-refractivity contribution in [2.24, 2.45) is 0 Å². The second-order valence-electron chi connectivity index (χ2n) is 9.33. The molecule has 0 aliphatic heterocycles. The second kappa shape index (κ2) is 7.22. The fourth-order valence-electron chi connectivity index (χ4n) is 4.01. The van der Waals surface area contributed by atoms with E-state index in [1.54, 1.807) is 6.07 Å². The minimum absolute atomic E-state index is 0.0824. The quantitative estimate of drug-likeness (QED) is 0.694. The lowest BCUT2D eigenvalue weighted by atomic mass is 9.62. The Morgan fingerprint density at radius 2 is 1.66 bits per heavy atom. The van der Waals surface area contributed by atoms with Gasteiger partial charge in [0.05, 0.1) is 0 Å². The third-order valence-corrected chi connectivity index (χ3v) is 6.01. The molecular weight excluding hydrogens is 379 g/mol. The fourth-order valence-corrected chi connectivity index (χ4v) is 4.01. The molecule has 1 aliphatic rings. The molecule has 1 amide bonds. The summed E-state index contributed by atoms with van der Waals surface area (Å²) in [5.74, 6) is -0.418. The predicted molar refractivity (Wildman–Crippen MR) is 106 cm³/mol. The van der Waals surface area contributed by atoms with Crippen LogP contribution in [-0.4, -0.2) is 18.6 Å². The van der Waals surface area contributed by atoms with Gasteiger partial charge in [-0.1, -0.05) is 39.8 Å². The van der Waals surface area contributed by atoms with E-state index in [-0.39, 0.29) is 16.6 Å². The van der Waals surface area contributed by atoms with E-state index in [2.05, 4.69) is 46.8 Å². The summed E-state index contributed by atoms with van der Waals surface area (Å²) in [7, 11) is 0. The summed E-state index contributed by atoms with van der Waals surface area (Å²) in [6.45, 7) is 9.76. The number of carbonyl (C=O) groups is 1. The van der Waals surface area contributed by atoms with Crippen LogP contribution in [0.1, 0.15) is 79.1 Å². The van der Waals surface area contributed by atoms with Crippen molar-refractivity contribution in [3.8, 4) is 0 Å². The van der Waals surface area contributed by atoms with Gasteiger partial charge in [-0.3, -0.25) is 4.79 Å². The maximum Gasteiger partial charge on any atom is 0.405 e. The molecule has 0 unspecified atom stereocenters. The van der Waals surface area contributed by atoms with Gasteiger partial charge in [-0.2, -0.15) is 13.2 Å². The van der Waals surface area contributed by atoms with Crippen LogP contribution < -0.4 is 5.32 Å². The molecule has 2 aromatic rings. The number of hydrogen-bond donors (Lipinski definition) is 1. The first-order valence-electron chi connectivity index (χ1n) is 9.87. The molecule has 1 aromatic carbocycles. The molecule has 6 heteroatoms. The Kier molecular flexibility index (Phi) is 5.35. The molecule has 3 rings (SSSR count). The average molecular weight is 407 g/mol. The lowest BCUT2D eigenvalue weighted by Crippen LogP contribution is -2.34. The lowest BCUT2D eigenvalue weighted by molar-refractivity contribution is -0.123. The first kappa shape index (κ1) is 21.5. The second-order valence-corrected chi connectivity index (χ2v) is 9.33. The van der Waals surface area contributed by atoms with Crippen LogP contribution in [0.5, 0.6) is 0 Å². The molecule has 0 atom stereocenters. The Bertz CT molecular complexity index is 923. The molecule has 0 saturated heterocycles. The molecule has 0 spiro atoms. The number of amides is 1. The summed E-state index contributed by atoms with van der Waals surface area (Å²) in [5.41, 5.74) is 5.17. The van der Waals surface area contributed by atoms with E-state index in [9.17, 15) is 18.0 Å². The average Bonchev–Trinajstić information content (AvgIpc) is 3.06. The van der Waals surface area contributed by atoms with Crippen LogP contribution in [0.4, 0.5) is 13.2 Å². The van der Waals surface area contributed by atoms with Crippen LogP contribution in [-0.2, 0) is 17.3 Å². The van der Waals surface area contributed by atoms with Gasteiger partial charge in [-0.15, -0.1) is 0 Å². The molecule has 29 heavy (non-hydrogen) atoms. The Balaban J connectivity index is 1.83. The van der Waals surface area contributed by atoms with E-state index in [0.29, 0.717) is 12.2 Å². The number of carbonyl (C=O) groups excluding carboxylic acids is 1. The van der Waals surface area contributed by atoms with Crippen LogP contribution in [0.2, 0.25) is 0 Å². The smallest absolute Gasteiger partial charge is 0.405 e. The van der Waals surface area contributed by atoms with E-state index in [4.69, 9.17) is 4.42 Å². The predicted octanol–water partition coefficient (Wildman–Crippen LogP) is 5.82. The third kappa shape index (κ3) is 4.68. The van der Waals surface area contributed by atoms with Crippen molar-refractivity contribution < 1.29 is 22.4 Å². The van der Waals surface area contributed by atoms with E-state index >= 15 is 0 Å². The van der Waals surface area contributed by atoms with Crippen LogP contribution in [0, 0.1) is 6.92 Å². The zero-order valence-electron chi connectivity index (χ0n) is 17.6. The Morgan fingerprint density at radius 1 is 1.07 bits per heavy atom. The molecule has 0 saturated carbocycles. The Labute approximate surface area is 169 Å². The number of fused-ring (bicyclic) bond motifs is 1. The minimum atomic E-state index is -4.45. The summed E-state index contributed by atoms with van der Waals surface area (Å²) in [4.78, 5) is 11.9. The van der Waals surface area contributed by atoms with Gasteiger partial charge in [-0.05, 0) is 65.0 Å². The van der Waals surface area contributed by atoms with Crippen LogP contribution >= 0.6 is 0 Å². The van der Waals surface area contributed by atoms with Gasteiger partial charge in [0.2, 0.25) is 0 Å². The maximum absolute atomic E-state index is 12.3. The summed E-state index contributed by atoms with van der Waals surface area (Å²) < 4.78 is 42.4. The highest BCUT2D eigenvalue weighted by molar-refractivity contribution is 5.91. The molecule has 1 aromatic heterocycles. The highest BCUT2D eigenvalue weighted by atomic mass is 19.4. The molecule has 158 valence electrons. The molecule has 1 aliphatic carbocycles. The van der Waals surface area contributed by atoms with Crippen LogP contribution in [0.25, 0.3) is 0 Å². The van der Waals surface area contributed by atoms with E-state index in [1.807, 2.05) is 5.32 Å². The molecule has 0 bridgehead atoms. The minimum Gasteiger partial charge on any atom is -0.456 e. The highest BCUT2D eigenvalue weighted by Gasteiger charge is 2.37. The number of halogens is 3. The van der Waals surface area contributed by atoms with Crippen molar-refractivity contribution in [3.63, 3.8) is 0 Å². The SMILES string of the molecule is Cc1cc2c(cc1Cc1ccc(C(=O)NCC(F)(F)F)o1)C(C)(C)CCC2(C)C. The maximum atomic E-state index is 12.3. The van der Waals surface area contributed by atoms with Gasteiger partial charge in [0.15, 0.2) is 5.76 Å². The van der Waals surface area contributed by atoms with Crippen molar-refractivity contribution >= 4 is 5.91 Å². The van der Waals surface area contributed by atoms with E-state index < -0.39 is 18.6 Å². The van der Waals surface area contributed by atoms with Gasteiger partial charge < -0.3 is 9.73 Å². The molecule has 0 radical (unpaired) electrons. The number of alkyl halides is 3. The van der Waals surface area contributed by atoms with Crippen molar-refractivity contribution in [3.05, 3.63) is 58.0 Å².